The zero-order valence-corrected chi connectivity index (χ0v) is 14.5. The molecular weight excluding hydrogens is 288 g/mol. The molecule has 0 bridgehead atoms. The number of methoxy groups -OCH3 is 1. The molecule has 4 nitrogen and oxygen atoms in total. The number of hydrogen-bond donors (Lipinski definition) is 0. The van der Waals surface area contributed by atoms with E-state index in [1.165, 1.54) is 32.4 Å². The second kappa shape index (κ2) is 6.91. The van der Waals surface area contributed by atoms with E-state index in [0.717, 1.165) is 30.0 Å². The van der Waals surface area contributed by atoms with E-state index in [1.807, 2.05) is 23.1 Å². The van der Waals surface area contributed by atoms with Crippen LogP contribution in [0.25, 0.3) is 0 Å². The zero-order chi connectivity index (χ0) is 16.4. The molecule has 2 aliphatic rings. The molecule has 3 rings (SSSR count). The molecule has 2 saturated heterocycles. The minimum Gasteiger partial charge on any atom is -0.496 e. The first-order chi connectivity index (χ1) is 11.1. The number of likely N-dealkylation sites (tertiary alicyclic amines) is 2. The third kappa shape index (κ3) is 3.37. The molecule has 0 aromatic heterocycles. The Morgan fingerprint density at radius 1 is 1.17 bits per heavy atom. The predicted octanol–water partition coefficient (Wildman–Crippen LogP) is 3.13. The van der Waals surface area contributed by atoms with Gasteiger partial charge in [-0.25, -0.2) is 0 Å². The summed E-state index contributed by atoms with van der Waals surface area (Å²) < 4.78 is 5.47. The number of hydrogen-bond acceptors (Lipinski definition) is 3. The standard InChI is InChI=1S/C19H28N2O2/c1-14(2)17-8-7-15(11-18(17)23-3)19(22)21-12-16(13-21)20-9-5-4-6-10-20/h7-8,11,14,16H,4-6,9-10,12-13H2,1-3H3. The molecule has 0 spiro atoms. The zero-order valence-electron chi connectivity index (χ0n) is 14.5. The molecule has 1 aromatic rings. The monoisotopic (exact) mass is 316 g/mol. The maximum Gasteiger partial charge on any atom is 0.254 e. The van der Waals surface area contributed by atoms with Crippen molar-refractivity contribution in [3.63, 3.8) is 0 Å². The number of carbonyl (C=O) groups excluding carboxylic acids is 1. The number of piperidine rings is 1. The molecule has 2 heterocycles. The second-order valence-electron chi connectivity index (χ2n) is 7.07. The normalized spacial score (nSPS) is 19.7. The molecule has 4 heteroatoms. The number of ether oxygens (including phenoxy) is 1. The first-order valence-corrected chi connectivity index (χ1v) is 8.81. The summed E-state index contributed by atoms with van der Waals surface area (Å²) in [6.07, 6.45) is 3.96. The van der Waals surface area contributed by atoms with Crippen LogP contribution in [0.4, 0.5) is 0 Å². The highest BCUT2D eigenvalue weighted by molar-refractivity contribution is 5.95. The lowest BCUT2D eigenvalue weighted by Crippen LogP contribution is -2.61. The van der Waals surface area contributed by atoms with Gasteiger partial charge in [-0.1, -0.05) is 26.3 Å². The van der Waals surface area contributed by atoms with Crippen LogP contribution in [-0.4, -0.2) is 55.0 Å². The average molecular weight is 316 g/mol. The average Bonchev–Trinajstić information content (AvgIpc) is 2.53. The lowest BCUT2D eigenvalue weighted by Gasteiger charge is -2.46. The van der Waals surface area contributed by atoms with Gasteiger partial charge in [0.1, 0.15) is 5.75 Å². The summed E-state index contributed by atoms with van der Waals surface area (Å²) in [6.45, 7) is 8.41. The highest BCUT2D eigenvalue weighted by Gasteiger charge is 2.35. The minimum atomic E-state index is 0.131. The van der Waals surface area contributed by atoms with Crippen LogP contribution in [0.3, 0.4) is 0 Å². The van der Waals surface area contributed by atoms with Gasteiger partial charge >= 0.3 is 0 Å². The number of amides is 1. The van der Waals surface area contributed by atoms with Crippen LogP contribution in [0.15, 0.2) is 18.2 Å². The molecule has 0 N–H and O–H groups in total. The van der Waals surface area contributed by atoms with Gasteiger partial charge in [-0.05, 0) is 49.5 Å². The Morgan fingerprint density at radius 2 is 1.87 bits per heavy atom. The van der Waals surface area contributed by atoms with Crippen LogP contribution in [0.2, 0.25) is 0 Å². The van der Waals surface area contributed by atoms with Crippen molar-refractivity contribution in [2.45, 2.75) is 45.1 Å². The van der Waals surface area contributed by atoms with Crippen LogP contribution in [-0.2, 0) is 0 Å². The van der Waals surface area contributed by atoms with Crippen LogP contribution in [0.5, 0.6) is 5.75 Å². The van der Waals surface area contributed by atoms with Gasteiger partial charge in [0.25, 0.3) is 5.91 Å². The summed E-state index contributed by atoms with van der Waals surface area (Å²) in [7, 11) is 1.67. The van der Waals surface area contributed by atoms with Crippen LogP contribution in [0, 0.1) is 0 Å². The largest absolute Gasteiger partial charge is 0.496 e. The molecule has 0 saturated carbocycles. The first-order valence-electron chi connectivity index (χ1n) is 8.81. The summed E-state index contributed by atoms with van der Waals surface area (Å²) in [5, 5.41) is 0. The van der Waals surface area contributed by atoms with Gasteiger partial charge in [0, 0.05) is 24.7 Å². The molecule has 126 valence electrons. The summed E-state index contributed by atoms with van der Waals surface area (Å²) in [5.41, 5.74) is 1.89. The lowest BCUT2D eigenvalue weighted by atomic mass is 9.98. The summed E-state index contributed by atoms with van der Waals surface area (Å²) >= 11 is 0. The maximum absolute atomic E-state index is 12.7. The van der Waals surface area contributed by atoms with Gasteiger partial charge in [0.05, 0.1) is 7.11 Å². The topological polar surface area (TPSA) is 32.8 Å². The van der Waals surface area contributed by atoms with Crippen molar-refractivity contribution in [3.05, 3.63) is 29.3 Å². The van der Waals surface area contributed by atoms with E-state index < -0.39 is 0 Å². The third-order valence-corrected chi connectivity index (χ3v) is 5.16. The van der Waals surface area contributed by atoms with E-state index in [4.69, 9.17) is 4.74 Å². The van der Waals surface area contributed by atoms with E-state index in [0.29, 0.717) is 12.0 Å². The van der Waals surface area contributed by atoms with E-state index in [2.05, 4.69) is 18.7 Å². The maximum atomic E-state index is 12.7. The van der Waals surface area contributed by atoms with Gasteiger partial charge in [0.15, 0.2) is 0 Å². The van der Waals surface area contributed by atoms with Crippen molar-refractivity contribution >= 4 is 5.91 Å². The lowest BCUT2D eigenvalue weighted by molar-refractivity contribution is 0.0203. The summed E-state index contributed by atoms with van der Waals surface area (Å²) in [6, 6.07) is 6.43. The fourth-order valence-electron chi connectivity index (χ4n) is 3.64. The Morgan fingerprint density at radius 3 is 2.48 bits per heavy atom. The highest BCUT2D eigenvalue weighted by Crippen LogP contribution is 2.29. The van der Waals surface area contributed by atoms with Crippen LogP contribution in [0.1, 0.15) is 54.9 Å². The fourth-order valence-corrected chi connectivity index (χ4v) is 3.64. The SMILES string of the molecule is COc1cc(C(=O)N2CC(N3CCCCC3)C2)ccc1C(C)C. The second-order valence-corrected chi connectivity index (χ2v) is 7.07. The van der Waals surface area contributed by atoms with Crippen LogP contribution < -0.4 is 4.74 Å². The fraction of sp³-hybridized carbons (Fsp3) is 0.632. The molecule has 23 heavy (non-hydrogen) atoms. The predicted molar refractivity (Wildman–Crippen MR) is 92.2 cm³/mol. The van der Waals surface area contributed by atoms with Gasteiger partial charge in [0.2, 0.25) is 0 Å². The molecule has 1 aromatic carbocycles. The summed E-state index contributed by atoms with van der Waals surface area (Å²) in [5.74, 6) is 1.34. The Bertz CT molecular complexity index is 558. The van der Waals surface area contributed by atoms with Crippen molar-refractivity contribution in [2.75, 3.05) is 33.3 Å². The van der Waals surface area contributed by atoms with Crippen molar-refractivity contribution < 1.29 is 9.53 Å². The Hall–Kier alpha value is -1.55. The van der Waals surface area contributed by atoms with Gasteiger partial charge < -0.3 is 9.64 Å². The van der Waals surface area contributed by atoms with E-state index >= 15 is 0 Å². The van der Waals surface area contributed by atoms with E-state index in [-0.39, 0.29) is 5.91 Å². The quantitative estimate of drug-likeness (QED) is 0.855. The van der Waals surface area contributed by atoms with Gasteiger partial charge in [-0.3, -0.25) is 9.69 Å². The molecular formula is C19H28N2O2. The number of benzene rings is 1. The van der Waals surface area contributed by atoms with Crippen molar-refractivity contribution in [2.24, 2.45) is 0 Å². The van der Waals surface area contributed by atoms with Gasteiger partial charge in [-0.2, -0.15) is 0 Å². The van der Waals surface area contributed by atoms with Crippen molar-refractivity contribution in [3.8, 4) is 5.75 Å². The first kappa shape index (κ1) is 16.3. The van der Waals surface area contributed by atoms with Crippen molar-refractivity contribution in [1.29, 1.82) is 0 Å². The molecule has 1 amide bonds. The Balaban J connectivity index is 1.63. The Labute approximate surface area is 139 Å². The van der Waals surface area contributed by atoms with Crippen LogP contribution >= 0.6 is 0 Å². The molecule has 0 unspecified atom stereocenters. The highest BCUT2D eigenvalue weighted by atomic mass is 16.5. The third-order valence-electron chi connectivity index (χ3n) is 5.16. The molecule has 0 aliphatic carbocycles. The molecule has 0 radical (unpaired) electrons. The molecule has 2 fully saturated rings. The Kier molecular flexibility index (Phi) is 4.90. The van der Waals surface area contributed by atoms with E-state index in [9.17, 15) is 4.79 Å². The van der Waals surface area contributed by atoms with Gasteiger partial charge in [-0.15, -0.1) is 0 Å². The van der Waals surface area contributed by atoms with Crippen molar-refractivity contribution in [1.82, 2.24) is 9.80 Å². The number of nitrogens with zero attached hydrogens (tertiary/aromatic N) is 2. The summed E-state index contributed by atoms with van der Waals surface area (Å²) in [4.78, 5) is 17.2. The smallest absolute Gasteiger partial charge is 0.254 e. The number of carbonyl (C=O) groups is 1. The molecule has 2 aliphatic heterocycles. The number of rotatable bonds is 4. The molecule has 0 atom stereocenters. The minimum absolute atomic E-state index is 0.131. The van der Waals surface area contributed by atoms with E-state index in [1.54, 1.807) is 7.11 Å².